The number of benzene rings is 1. The summed E-state index contributed by atoms with van der Waals surface area (Å²) in [5.41, 5.74) is 0.633. The molecule has 0 fully saturated rings. The molecular weight excluding hydrogens is 307 g/mol. The largest absolute Gasteiger partial charge is 0.495 e. The molecule has 1 aromatic carbocycles. The third kappa shape index (κ3) is 3.59. The molecule has 0 aliphatic heterocycles. The molecule has 1 amide bonds. The van der Waals surface area contributed by atoms with Gasteiger partial charge in [0, 0.05) is 22.2 Å². The average molecular weight is 317 g/mol. The van der Waals surface area contributed by atoms with Crippen molar-refractivity contribution in [1.29, 1.82) is 0 Å². The second-order valence-electron chi connectivity index (χ2n) is 3.64. The van der Waals surface area contributed by atoms with Gasteiger partial charge in [0.1, 0.15) is 5.75 Å². The first-order valence-corrected chi connectivity index (χ1v) is 6.95. The smallest absolute Gasteiger partial charge is 0.230 e. The predicted molar refractivity (Wildman–Crippen MR) is 77.5 cm³/mol. The van der Waals surface area contributed by atoms with Crippen LogP contribution in [0.3, 0.4) is 0 Å². The van der Waals surface area contributed by atoms with Crippen molar-refractivity contribution in [3.63, 3.8) is 0 Å². The van der Waals surface area contributed by atoms with E-state index in [1.54, 1.807) is 23.7 Å². The summed E-state index contributed by atoms with van der Waals surface area (Å²) >= 11 is 13.3. The standard InChI is InChI=1S/C12H10Cl2N2O2S/c1-18-11-7(4-8(13)6-9(11)14)5-10(17)16-12-15-2-3-19-12/h2-4,6H,5H2,1H3,(H,15,16,17). The van der Waals surface area contributed by atoms with Crippen LogP contribution in [0, 0.1) is 0 Å². The van der Waals surface area contributed by atoms with Crippen molar-refractivity contribution in [2.45, 2.75) is 6.42 Å². The van der Waals surface area contributed by atoms with E-state index in [2.05, 4.69) is 10.3 Å². The van der Waals surface area contributed by atoms with Crippen molar-refractivity contribution in [1.82, 2.24) is 4.98 Å². The van der Waals surface area contributed by atoms with Crippen LogP contribution in [0.15, 0.2) is 23.7 Å². The maximum Gasteiger partial charge on any atom is 0.230 e. The van der Waals surface area contributed by atoms with Crippen molar-refractivity contribution < 1.29 is 9.53 Å². The van der Waals surface area contributed by atoms with Gasteiger partial charge in [0.15, 0.2) is 5.13 Å². The van der Waals surface area contributed by atoms with Crippen molar-refractivity contribution >= 4 is 45.6 Å². The maximum absolute atomic E-state index is 11.9. The zero-order chi connectivity index (χ0) is 13.8. The van der Waals surface area contributed by atoms with Crippen LogP contribution in [-0.4, -0.2) is 18.0 Å². The summed E-state index contributed by atoms with van der Waals surface area (Å²) in [5, 5.41) is 5.87. The SMILES string of the molecule is COc1c(Cl)cc(Cl)cc1CC(=O)Nc1nccs1. The molecule has 0 radical (unpaired) electrons. The number of hydrogen-bond acceptors (Lipinski definition) is 4. The minimum Gasteiger partial charge on any atom is -0.495 e. The minimum atomic E-state index is -0.202. The summed E-state index contributed by atoms with van der Waals surface area (Å²) in [5.74, 6) is 0.256. The lowest BCUT2D eigenvalue weighted by molar-refractivity contribution is -0.115. The van der Waals surface area contributed by atoms with Gasteiger partial charge in [-0.3, -0.25) is 4.79 Å². The van der Waals surface area contributed by atoms with Gasteiger partial charge in [0.05, 0.1) is 18.6 Å². The zero-order valence-electron chi connectivity index (χ0n) is 9.94. The molecule has 0 spiro atoms. The van der Waals surface area contributed by atoms with Crippen LogP contribution in [0.4, 0.5) is 5.13 Å². The zero-order valence-corrected chi connectivity index (χ0v) is 12.3. The number of nitrogens with zero attached hydrogens (tertiary/aromatic N) is 1. The van der Waals surface area contributed by atoms with Crippen LogP contribution in [0.25, 0.3) is 0 Å². The molecule has 0 aliphatic carbocycles. The third-order valence-corrected chi connectivity index (χ3v) is 3.51. The quantitative estimate of drug-likeness (QED) is 0.936. The number of hydrogen-bond donors (Lipinski definition) is 1. The van der Waals surface area contributed by atoms with E-state index in [1.807, 2.05) is 0 Å². The van der Waals surface area contributed by atoms with Crippen molar-refractivity contribution in [3.05, 3.63) is 39.3 Å². The Hall–Kier alpha value is -1.30. The molecule has 0 aliphatic rings. The number of aromatic nitrogens is 1. The lowest BCUT2D eigenvalue weighted by Crippen LogP contribution is -2.14. The number of carbonyl (C=O) groups excluding carboxylic acids is 1. The fourth-order valence-electron chi connectivity index (χ4n) is 1.60. The van der Waals surface area contributed by atoms with Crippen LogP contribution >= 0.6 is 34.5 Å². The molecule has 2 aromatic rings. The molecule has 0 saturated carbocycles. The van der Waals surface area contributed by atoms with Crippen LogP contribution in [-0.2, 0) is 11.2 Å². The first kappa shape index (κ1) is 14.1. The molecular formula is C12H10Cl2N2O2S. The number of nitrogens with one attached hydrogen (secondary N) is 1. The summed E-state index contributed by atoms with van der Waals surface area (Å²) in [7, 11) is 1.50. The number of thiazole rings is 1. The fraction of sp³-hybridized carbons (Fsp3) is 0.167. The van der Waals surface area contributed by atoms with E-state index in [0.717, 1.165) is 0 Å². The van der Waals surface area contributed by atoms with Gasteiger partial charge in [0.25, 0.3) is 0 Å². The fourth-order valence-corrected chi connectivity index (χ4v) is 2.75. The van der Waals surface area contributed by atoms with E-state index in [0.29, 0.717) is 26.5 Å². The van der Waals surface area contributed by atoms with Gasteiger partial charge in [0.2, 0.25) is 5.91 Å². The van der Waals surface area contributed by atoms with Crippen LogP contribution < -0.4 is 10.1 Å². The number of anilines is 1. The summed E-state index contributed by atoms with van der Waals surface area (Å²) in [6.45, 7) is 0. The number of ether oxygens (including phenoxy) is 1. The monoisotopic (exact) mass is 316 g/mol. The molecule has 0 bridgehead atoms. The van der Waals surface area contributed by atoms with Crippen molar-refractivity contribution in [2.75, 3.05) is 12.4 Å². The Bertz CT molecular complexity index is 588. The molecule has 19 heavy (non-hydrogen) atoms. The van der Waals surface area contributed by atoms with Gasteiger partial charge in [-0.15, -0.1) is 11.3 Å². The maximum atomic E-state index is 11.9. The number of halogens is 2. The lowest BCUT2D eigenvalue weighted by atomic mass is 10.1. The van der Waals surface area contributed by atoms with E-state index in [4.69, 9.17) is 27.9 Å². The van der Waals surface area contributed by atoms with E-state index >= 15 is 0 Å². The first-order valence-electron chi connectivity index (χ1n) is 5.31. The molecule has 4 nitrogen and oxygen atoms in total. The summed E-state index contributed by atoms with van der Waals surface area (Å²) in [6.07, 6.45) is 1.74. The van der Waals surface area contributed by atoms with Crippen LogP contribution in [0.2, 0.25) is 10.0 Å². The van der Waals surface area contributed by atoms with Gasteiger partial charge < -0.3 is 10.1 Å². The number of rotatable bonds is 4. The highest BCUT2D eigenvalue weighted by atomic mass is 35.5. The molecule has 0 saturated heterocycles. The van der Waals surface area contributed by atoms with Gasteiger partial charge in [-0.1, -0.05) is 23.2 Å². The third-order valence-electron chi connectivity index (χ3n) is 2.32. The molecule has 2 rings (SSSR count). The lowest BCUT2D eigenvalue weighted by Gasteiger charge is -2.10. The molecule has 1 N–H and O–H groups in total. The number of amides is 1. The molecule has 1 heterocycles. The average Bonchev–Trinajstić information content (AvgIpc) is 2.81. The van der Waals surface area contributed by atoms with E-state index < -0.39 is 0 Å². The second kappa shape index (κ2) is 6.23. The predicted octanol–water partition coefficient (Wildman–Crippen LogP) is 3.64. The Morgan fingerprint density at radius 3 is 2.89 bits per heavy atom. The van der Waals surface area contributed by atoms with Gasteiger partial charge in [-0.2, -0.15) is 0 Å². The van der Waals surface area contributed by atoms with Gasteiger partial charge in [-0.25, -0.2) is 4.98 Å². The second-order valence-corrected chi connectivity index (χ2v) is 5.38. The Morgan fingerprint density at radius 2 is 2.26 bits per heavy atom. The molecule has 0 atom stereocenters. The number of carbonyl (C=O) groups is 1. The number of methoxy groups -OCH3 is 1. The van der Waals surface area contributed by atoms with Crippen LogP contribution in [0.5, 0.6) is 5.75 Å². The van der Waals surface area contributed by atoms with E-state index in [9.17, 15) is 4.79 Å². The molecule has 0 unspecified atom stereocenters. The summed E-state index contributed by atoms with van der Waals surface area (Å²) in [4.78, 5) is 15.9. The molecule has 1 aromatic heterocycles. The Balaban J connectivity index is 2.16. The van der Waals surface area contributed by atoms with Crippen molar-refractivity contribution in [3.8, 4) is 5.75 Å². The highest BCUT2D eigenvalue weighted by molar-refractivity contribution is 7.13. The topological polar surface area (TPSA) is 51.2 Å². The molecule has 100 valence electrons. The normalized spacial score (nSPS) is 10.3. The first-order chi connectivity index (χ1) is 9.10. The Morgan fingerprint density at radius 1 is 1.47 bits per heavy atom. The minimum absolute atomic E-state index is 0.114. The van der Waals surface area contributed by atoms with Gasteiger partial charge >= 0.3 is 0 Å². The van der Waals surface area contributed by atoms with E-state index in [-0.39, 0.29) is 12.3 Å². The summed E-state index contributed by atoms with van der Waals surface area (Å²) in [6, 6.07) is 3.23. The highest BCUT2D eigenvalue weighted by Crippen LogP contribution is 2.32. The van der Waals surface area contributed by atoms with E-state index in [1.165, 1.54) is 18.4 Å². The highest BCUT2D eigenvalue weighted by Gasteiger charge is 2.14. The Kier molecular flexibility index (Phi) is 4.63. The molecule has 7 heteroatoms. The van der Waals surface area contributed by atoms with Crippen LogP contribution in [0.1, 0.15) is 5.56 Å². The van der Waals surface area contributed by atoms with Gasteiger partial charge in [-0.05, 0) is 12.1 Å². The Labute approximate surface area is 124 Å². The van der Waals surface area contributed by atoms with Crippen molar-refractivity contribution in [2.24, 2.45) is 0 Å². The summed E-state index contributed by atoms with van der Waals surface area (Å²) < 4.78 is 5.18.